The van der Waals surface area contributed by atoms with Gasteiger partial charge in [0.2, 0.25) is 0 Å². The number of ether oxygens (including phenoxy) is 2. The van der Waals surface area contributed by atoms with Crippen molar-refractivity contribution in [3.63, 3.8) is 0 Å². The quantitative estimate of drug-likeness (QED) is 0.808. The molecule has 0 unspecified atom stereocenters. The van der Waals surface area contributed by atoms with Gasteiger partial charge in [-0.2, -0.15) is 0 Å². The van der Waals surface area contributed by atoms with Crippen LogP contribution in [0.3, 0.4) is 0 Å². The number of carbonyl (C=O) groups is 1. The largest absolute Gasteiger partial charge is 0.371 e. The fourth-order valence-corrected chi connectivity index (χ4v) is 3.87. The van der Waals surface area contributed by atoms with E-state index in [2.05, 4.69) is 20.2 Å². The van der Waals surface area contributed by atoms with Crippen LogP contribution < -0.4 is 16.0 Å². The third-order valence-corrected chi connectivity index (χ3v) is 5.30. The first kappa shape index (κ1) is 18.9. The number of carbonyl (C=O) groups excluding carboxylic acids is 1. The number of primary amides is 1. The Hall–Kier alpha value is -2.42. The normalized spacial score (nSPS) is 18.4. The van der Waals surface area contributed by atoms with Gasteiger partial charge >= 0.3 is 0 Å². The molecule has 9 heteroatoms. The summed E-state index contributed by atoms with van der Waals surface area (Å²) >= 11 is 5.90. The van der Waals surface area contributed by atoms with Crippen LogP contribution in [-0.4, -0.2) is 48.0 Å². The number of halogens is 1. The Bertz CT molecular complexity index is 891. The van der Waals surface area contributed by atoms with Crippen LogP contribution in [0.25, 0.3) is 0 Å². The highest BCUT2D eigenvalue weighted by molar-refractivity contribution is 6.29. The molecule has 3 heterocycles. The first-order valence-electron chi connectivity index (χ1n) is 9.19. The summed E-state index contributed by atoms with van der Waals surface area (Å²) in [5.41, 5.74) is 8.45. The lowest BCUT2D eigenvalue weighted by Gasteiger charge is -2.39. The molecule has 1 aromatic heterocycles. The van der Waals surface area contributed by atoms with Crippen molar-refractivity contribution in [2.45, 2.75) is 25.6 Å². The minimum Gasteiger partial charge on any atom is -0.371 e. The molecule has 1 aromatic carbocycles. The van der Waals surface area contributed by atoms with Crippen LogP contribution >= 0.6 is 11.6 Å². The van der Waals surface area contributed by atoms with Gasteiger partial charge in [0.1, 0.15) is 5.15 Å². The molecule has 4 rings (SSSR count). The first-order chi connectivity index (χ1) is 13.5. The molecular formula is C19H22ClN5O3. The zero-order valence-electron chi connectivity index (χ0n) is 15.6. The Labute approximate surface area is 168 Å². The molecule has 0 aliphatic carbocycles. The lowest BCUT2D eigenvalue weighted by atomic mass is 10.0. The predicted molar refractivity (Wildman–Crippen MR) is 106 cm³/mol. The van der Waals surface area contributed by atoms with Gasteiger partial charge in [-0.25, -0.2) is 9.97 Å². The zero-order valence-corrected chi connectivity index (χ0v) is 16.3. The van der Waals surface area contributed by atoms with Gasteiger partial charge in [0.05, 0.1) is 19.4 Å². The highest BCUT2D eigenvalue weighted by Gasteiger charge is 2.39. The molecule has 3 N–H and O–H groups in total. The summed E-state index contributed by atoms with van der Waals surface area (Å²) < 4.78 is 11.6. The van der Waals surface area contributed by atoms with Gasteiger partial charge in [-0.05, 0) is 30.7 Å². The maximum Gasteiger partial charge on any atom is 0.271 e. The Kier molecular flexibility index (Phi) is 5.09. The lowest BCUT2D eigenvalue weighted by Crippen LogP contribution is -2.45. The fourth-order valence-electron chi connectivity index (χ4n) is 3.73. The van der Waals surface area contributed by atoms with Crippen molar-refractivity contribution < 1.29 is 14.3 Å². The molecule has 2 fully saturated rings. The topological polar surface area (TPSA) is 103 Å². The number of nitrogens with one attached hydrogen (secondary N) is 1. The van der Waals surface area contributed by atoms with Crippen molar-refractivity contribution in [3.05, 3.63) is 40.8 Å². The fraction of sp³-hybridized carbons (Fsp3) is 0.421. The van der Waals surface area contributed by atoms with Crippen LogP contribution in [0.4, 0.5) is 17.2 Å². The summed E-state index contributed by atoms with van der Waals surface area (Å²) in [6.07, 6.45) is 3.00. The molecular weight excluding hydrogens is 382 g/mol. The number of piperidine rings is 1. The molecule has 0 radical (unpaired) electrons. The van der Waals surface area contributed by atoms with Crippen LogP contribution in [-0.2, 0) is 9.47 Å². The maximum atomic E-state index is 11.6. The van der Waals surface area contributed by atoms with E-state index in [9.17, 15) is 4.79 Å². The van der Waals surface area contributed by atoms with Crippen LogP contribution in [0.5, 0.6) is 0 Å². The van der Waals surface area contributed by atoms with Crippen molar-refractivity contribution in [2.75, 3.05) is 36.5 Å². The van der Waals surface area contributed by atoms with Crippen LogP contribution in [0, 0.1) is 6.92 Å². The average Bonchev–Trinajstić information content (AvgIpc) is 3.11. The van der Waals surface area contributed by atoms with Crippen molar-refractivity contribution in [1.82, 2.24) is 9.97 Å². The smallest absolute Gasteiger partial charge is 0.271 e. The van der Waals surface area contributed by atoms with Gasteiger partial charge in [0.25, 0.3) is 5.91 Å². The van der Waals surface area contributed by atoms with E-state index < -0.39 is 5.91 Å². The summed E-state index contributed by atoms with van der Waals surface area (Å²) in [6.45, 7) is 5.16. The standard InChI is InChI=1S/C19H22ClN5O3/c1-12-10-13(23-18-16(17(21)26)22-11-15(20)24-18)2-3-14(12)25-6-4-19(5-7-25)27-8-9-28-19/h2-3,10-11H,4-9H2,1H3,(H2,21,26)(H,23,24). The van der Waals surface area contributed by atoms with Gasteiger partial charge in [-0.3, -0.25) is 4.79 Å². The molecule has 1 amide bonds. The Morgan fingerprint density at radius 3 is 2.64 bits per heavy atom. The zero-order chi connectivity index (χ0) is 19.7. The Balaban J connectivity index is 1.50. The average molecular weight is 404 g/mol. The van der Waals surface area contributed by atoms with Gasteiger partial charge in [-0.15, -0.1) is 0 Å². The summed E-state index contributed by atoms with van der Waals surface area (Å²) in [6, 6.07) is 5.98. The number of aromatic nitrogens is 2. The van der Waals surface area contributed by atoms with Gasteiger partial charge in [0.15, 0.2) is 17.3 Å². The second kappa shape index (κ2) is 7.54. The second-order valence-corrected chi connectivity index (χ2v) is 7.36. The summed E-state index contributed by atoms with van der Waals surface area (Å²) in [5.74, 6) is -0.816. The van der Waals surface area contributed by atoms with Gasteiger partial charge in [0, 0.05) is 37.3 Å². The summed E-state index contributed by atoms with van der Waals surface area (Å²) in [4.78, 5) is 22.0. The molecule has 2 saturated heterocycles. The van der Waals surface area contributed by atoms with E-state index in [-0.39, 0.29) is 22.5 Å². The molecule has 148 valence electrons. The Morgan fingerprint density at radius 2 is 2.00 bits per heavy atom. The molecule has 28 heavy (non-hydrogen) atoms. The molecule has 2 aromatic rings. The van der Waals surface area contributed by atoms with Crippen molar-refractivity contribution >= 4 is 34.7 Å². The van der Waals surface area contributed by atoms with E-state index in [0.29, 0.717) is 13.2 Å². The van der Waals surface area contributed by atoms with E-state index in [1.165, 1.54) is 6.20 Å². The minimum absolute atomic E-state index is 0.0454. The van der Waals surface area contributed by atoms with E-state index in [1.807, 2.05) is 25.1 Å². The van der Waals surface area contributed by atoms with Gasteiger partial charge in [-0.1, -0.05) is 11.6 Å². The number of nitrogens with two attached hydrogens (primary N) is 1. The third kappa shape index (κ3) is 3.76. The highest BCUT2D eigenvalue weighted by Crippen LogP contribution is 2.35. The number of hydrogen-bond acceptors (Lipinski definition) is 7. The number of nitrogens with zero attached hydrogens (tertiary/aromatic N) is 3. The van der Waals surface area contributed by atoms with E-state index in [1.54, 1.807) is 0 Å². The van der Waals surface area contributed by atoms with E-state index >= 15 is 0 Å². The number of anilines is 3. The predicted octanol–water partition coefficient (Wildman–Crippen LogP) is 2.62. The molecule has 2 aliphatic heterocycles. The maximum absolute atomic E-state index is 11.6. The third-order valence-electron chi connectivity index (χ3n) is 5.12. The SMILES string of the molecule is Cc1cc(Nc2nc(Cl)cnc2C(N)=O)ccc1N1CCC2(CC1)OCCO2. The molecule has 0 saturated carbocycles. The molecule has 1 spiro atoms. The van der Waals surface area contributed by atoms with Crippen LogP contribution in [0.15, 0.2) is 24.4 Å². The van der Waals surface area contributed by atoms with Crippen LogP contribution in [0.1, 0.15) is 28.9 Å². The summed E-state index contributed by atoms with van der Waals surface area (Å²) in [7, 11) is 0. The molecule has 8 nitrogen and oxygen atoms in total. The summed E-state index contributed by atoms with van der Waals surface area (Å²) in [5, 5.41) is 3.27. The number of aryl methyl sites for hydroxylation is 1. The molecule has 0 bridgehead atoms. The van der Waals surface area contributed by atoms with Crippen molar-refractivity contribution in [1.29, 1.82) is 0 Å². The number of rotatable bonds is 4. The number of benzene rings is 1. The molecule has 2 aliphatic rings. The van der Waals surface area contributed by atoms with E-state index in [4.69, 9.17) is 26.8 Å². The minimum atomic E-state index is -0.668. The Morgan fingerprint density at radius 1 is 1.29 bits per heavy atom. The molecule has 0 atom stereocenters. The van der Waals surface area contributed by atoms with Crippen LogP contribution in [0.2, 0.25) is 5.15 Å². The first-order valence-corrected chi connectivity index (χ1v) is 9.56. The highest BCUT2D eigenvalue weighted by atomic mass is 35.5. The van der Waals surface area contributed by atoms with Crippen molar-refractivity contribution in [3.8, 4) is 0 Å². The van der Waals surface area contributed by atoms with Gasteiger partial charge < -0.3 is 25.4 Å². The number of amides is 1. The monoisotopic (exact) mass is 403 g/mol. The second-order valence-electron chi connectivity index (χ2n) is 6.98. The van der Waals surface area contributed by atoms with Crippen molar-refractivity contribution in [2.24, 2.45) is 5.73 Å². The lowest BCUT2D eigenvalue weighted by molar-refractivity contribution is -0.169. The van der Waals surface area contributed by atoms with E-state index in [0.717, 1.165) is 42.9 Å². The number of hydrogen-bond donors (Lipinski definition) is 2.